The van der Waals surface area contributed by atoms with E-state index in [0.717, 1.165) is 4.57 Å². The van der Waals surface area contributed by atoms with Crippen LogP contribution in [0.1, 0.15) is 29.4 Å². The first-order valence-corrected chi connectivity index (χ1v) is 17.6. The number of hydrogen-bond donors (Lipinski definition) is 1. The molecule has 2 heterocycles. The third-order valence-electron chi connectivity index (χ3n) is 7.14. The maximum atomic E-state index is 16.0. The normalized spacial score (nSPS) is 14.4. The smallest absolute Gasteiger partial charge is 0.429 e. The standard InChI is InChI=1S/C30H34F4N4O5Si/c1-7-42-27(39)26(31)43-29(30(32,33)34,24-20-10-11-36-25(20)18(2)14-23(24)40-3)28-37-21-9-8-19(16-35)15-22(21)38(28)17-41-12-13-44(4,5)6/h8-11,14-15,26,36H,7,12-13,17H2,1-6H3. The van der Waals surface area contributed by atoms with Gasteiger partial charge in [0.2, 0.25) is 0 Å². The molecule has 1 N–H and O–H groups in total. The number of carbonyl (C=O) groups is 1. The van der Waals surface area contributed by atoms with E-state index in [9.17, 15) is 10.1 Å². The van der Waals surface area contributed by atoms with Gasteiger partial charge in [0.25, 0.3) is 12.0 Å². The van der Waals surface area contributed by atoms with Gasteiger partial charge in [0.1, 0.15) is 12.5 Å². The summed E-state index contributed by atoms with van der Waals surface area (Å²) in [5.74, 6) is -2.74. The van der Waals surface area contributed by atoms with Crippen LogP contribution in [0, 0.1) is 18.3 Å². The summed E-state index contributed by atoms with van der Waals surface area (Å²) in [4.78, 5) is 19.7. The summed E-state index contributed by atoms with van der Waals surface area (Å²) in [6.07, 6.45) is -7.18. The molecular formula is C30H34F4N4O5Si. The molecule has 9 nitrogen and oxygen atoms in total. The van der Waals surface area contributed by atoms with Crippen molar-refractivity contribution in [2.45, 2.75) is 64.4 Å². The number of fused-ring (bicyclic) bond motifs is 2. The number of nitriles is 1. The van der Waals surface area contributed by atoms with Gasteiger partial charge >= 0.3 is 12.1 Å². The van der Waals surface area contributed by atoms with Gasteiger partial charge in [0.15, 0.2) is 5.82 Å². The van der Waals surface area contributed by atoms with Gasteiger partial charge in [0.05, 0.1) is 41.9 Å². The molecule has 2 aromatic heterocycles. The quantitative estimate of drug-likeness (QED) is 0.0799. The highest BCUT2D eigenvalue weighted by molar-refractivity contribution is 6.76. The number of methoxy groups -OCH3 is 1. The number of hydrogen-bond acceptors (Lipinski definition) is 7. The van der Waals surface area contributed by atoms with Crippen LogP contribution in [0.25, 0.3) is 21.9 Å². The van der Waals surface area contributed by atoms with Crippen LogP contribution in [0.3, 0.4) is 0 Å². The maximum Gasteiger partial charge on any atom is 0.429 e. The molecule has 2 unspecified atom stereocenters. The second-order valence-corrected chi connectivity index (χ2v) is 17.1. The minimum atomic E-state index is -5.44. The SMILES string of the molecule is CCOC(=O)C(F)OC(c1c(OC)cc(C)c2[nH]ccc12)(c1nc2ccc(C#N)cc2n1COCC[Si](C)(C)C)C(F)(F)F. The van der Waals surface area contributed by atoms with Gasteiger partial charge in [-0.05, 0) is 55.8 Å². The Hall–Kier alpha value is -3.93. The number of esters is 1. The largest absolute Gasteiger partial charge is 0.496 e. The molecule has 0 aliphatic heterocycles. The molecule has 0 bridgehead atoms. The molecule has 14 heteroatoms. The summed E-state index contributed by atoms with van der Waals surface area (Å²) in [7, 11) is -0.404. The third-order valence-corrected chi connectivity index (χ3v) is 8.84. The number of H-pyrrole nitrogens is 1. The number of aryl methyl sites for hydroxylation is 1. The van der Waals surface area contributed by atoms with E-state index in [2.05, 4.69) is 34.3 Å². The summed E-state index contributed by atoms with van der Waals surface area (Å²) in [6, 6.07) is 9.58. The summed E-state index contributed by atoms with van der Waals surface area (Å²) >= 11 is 0. The highest BCUT2D eigenvalue weighted by Crippen LogP contribution is 2.54. The average Bonchev–Trinajstić information content (AvgIpc) is 3.58. The molecule has 0 saturated heterocycles. The molecule has 236 valence electrons. The zero-order valence-corrected chi connectivity index (χ0v) is 26.3. The highest BCUT2D eigenvalue weighted by Gasteiger charge is 2.65. The van der Waals surface area contributed by atoms with E-state index in [4.69, 9.17) is 14.2 Å². The van der Waals surface area contributed by atoms with Crippen molar-refractivity contribution in [2.24, 2.45) is 0 Å². The van der Waals surface area contributed by atoms with E-state index >= 15 is 17.6 Å². The molecule has 0 fully saturated rings. The summed E-state index contributed by atoms with van der Waals surface area (Å²) in [5.41, 5.74) is -3.16. The number of benzene rings is 2. The first-order valence-electron chi connectivity index (χ1n) is 13.9. The van der Waals surface area contributed by atoms with Crippen LogP contribution in [0.4, 0.5) is 17.6 Å². The van der Waals surface area contributed by atoms with E-state index in [1.807, 2.05) is 6.07 Å². The van der Waals surface area contributed by atoms with Crippen LogP contribution in [-0.2, 0) is 31.3 Å². The number of aromatic amines is 1. The molecule has 0 radical (unpaired) electrons. The minimum Gasteiger partial charge on any atom is -0.496 e. The number of alkyl halides is 4. The number of carbonyl (C=O) groups excluding carboxylic acids is 1. The number of nitrogens with one attached hydrogen (secondary N) is 1. The van der Waals surface area contributed by atoms with Crippen LogP contribution in [0.15, 0.2) is 36.5 Å². The zero-order chi connectivity index (χ0) is 32.4. The second-order valence-electron chi connectivity index (χ2n) is 11.4. The van der Waals surface area contributed by atoms with Gasteiger partial charge in [-0.15, -0.1) is 0 Å². The molecule has 0 saturated carbocycles. The van der Waals surface area contributed by atoms with Crippen LogP contribution < -0.4 is 4.74 Å². The Morgan fingerprint density at radius 3 is 2.55 bits per heavy atom. The van der Waals surface area contributed by atoms with Crippen molar-refractivity contribution in [3.63, 3.8) is 0 Å². The zero-order valence-electron chi connectivity index (χ0n) is 25.3. The summed E-state index contributed by atoms with van der Waals surface area (Å²) in [6.45, 7) is 8.93. The van der Waals surface area contributed by atoms with Gasteiger partial charge in [0, 0.05) is 31.8 Å². The van der Waals surface area contributed by atoms with Gasteiger partial charge < -0.3 is 28.5 Å². The Balaban J connectivity index is 2.12. The Morgan fingerprint density at radius 1 is 1.20 bits per heavy atom. The predicted octanol–water partition coefficient (Wildman–Crippen LogP) is 6.70. The summed E-state index contributed by atoms with van der Waals surface area (Å²) in [5, 5.41) is 9.56. The first-order chi connectivity index (χ1) is 20.7. The molecule has 0 aliphatic carbocycles. The number of aromatic nitrogens is 3. The lowest BCUT2D eigenvalue weighted by atomic mass is 9.86. The van der Waals surface area contributed by atoms with E-state index in [-0.39, 0.29) is 40.9 Å². The first kappa shape index (κ1) is 33.0. The molecule has 0 amide bonds. The van der Waals surface area contributed by atoms with Gasteiger partial charge in [-0.2, -0.15) is 18.4 Å². The highest BCUT2D eigenvalue weighted by atomic mass is 28.3. The number of halogens is 4. The van der Waals surface area contributed by atoms with Gasteiger partial charge in [-0.1, -0.05) is 19.6 Å². The molecule has 4 aromatic rings. The minimum absolute atomic E-state index is 0.00575. The average molecular weight is 635 g/mol. The van der Waals surface area contributed by atoms with E-state index in [1.54, 1.807) is 6.92 Å². The topological polar surface area (TPSA) is 111 Å². The molecule has 2 aromatic carbocycles. The van der Waals surface area contributed by atoms with Crippen molar-refractivity contribution in [2.75, 3.05) is 20.3 Å². The van der Waals surface area contributed by atoms with Crippen molar-refractivity contribution < 1.29 is 41.3 Å². The monoisotopic (exact) mass is 634 g/mol. The van der Waals surface area contributed by atoms with Crippen LogP contribution in [-0.4, -0.2) is 61.4 Å². The van der Waals surface area contributed by atoms with Crippen LogP contribution in [0.2, 0.25) is 25.7 Å². The Bertz CT molecular complexity index is 1710. The fourth-order valence-electron chi connectivity index (χ4n) is 5.00. The fourth-order valence-corrected chi connectivity index (χ4v) is 5.75. The van der Waals surface area contributed by atoms with Crippen LogP contribution in [0.5, 0.6) is 5.75 Å². The van der Waals surface area contributed by atoms with Crippen molar-refractivity contribution in [1.29, 1.82) is 5.26 Å². The maximum absolute atomic E-state index is 16.0. The van der Waals surface area contributed by atoms with Crippen molar-refractivity contribution in [3.05, 3.63) is 59.0 Å². The Kier molecular flexibility index (Phi) is 9.43. The third kappa shape index (κ3) is 6.17. The van der Waals surface area contributed by atoms with Crippen molar-refractivity contribution in [3.8, 4) is 11.8 Å². The van der Waals surface area contributed by atoms with Gasteiger partial charge in [-0.3, -0.25) is 0 Å². The lowest BCUT2D eigenvalue weighted by Crippen LogP contribution is -2.51. The molecular weight excluding hydrogens is 600 g/mol. The molecule has 4 rings (SSSR count). The summed E-state index contributed by atoms with van der Waals surface area (Å²) < 4.78 is 85.9. The second kappa shape index (κ2) is 12.6. The molecule has 2 atom stereocenters. The van der Waals surface area contributed by atoms with Crippen LogP contribution >= 0.6 is 0 Å². The number of imidazole rings is 1. The molecule has 0 spiro atoms. The van der Waals surface area contributed by atoms with Crippen molar-refractivity contribution in [1.82, 2.24) is 14.5 Å². The molecule has 44 heavy (non-hydrogen) atoms. The number of rotatable bonds is 12. The lowest BCUT2D eigenvalue weighted by Gasteiger charge is -2.37. The Morgan fingerprint density at radius 2 is 1.93 bits per heavy atom. The predicted molar refractivity (Wildman–Crippen MR) is 158 cm³/mol. The van der Waals surface area contributed by atoms with Crippen molar-refractivity contribution >= 4 is 36.0 Å². The van der Waals surface area contributed by atoms with Gasteiger partial charge in [-0.25, -0.2) is 14.2 Å². The van der Waals surface area contributed by atoms with E-state index in [0.29, 0.717) is 17.1 Å². The Labute approximate surface area is 252 Å². The molecule has 0 aliphatic rings. The lowest BCUT2D eigenvalue weighted by molar-refractivity contribution is -0.297. The van der Waals surface area contributed by atoms with E-state index < -0.39 is 50.3 Å². The fraction of sp³-hybridized carbons (Fsp3) is 0.433. The van der Waals surface area contributed by atoms with E-state index in [1.165, 1.54) is 50.6 Å². The number of nitrogens with zero attached hydrogens (tertiary/aromatic N) is 3. The number of ether oxygens (including phenoxy) is 4.